The Hall–Kier alpha value is -3.57. The van der Waals surface area contributed by atoms with Crippen molar-refractivity contribution in [2.45, 2.75) is 25.8 Å². The molecule has 198 valence electrons. The van der Waals surface area contributed by atoms with E-state index in [0.29, 0.717) is 36.8 Å². The number of carbonyl (C=O) groups excluding carboxylic acids is 1. The van der Waals surface area contributed by atoms with Crippen molar-refractivity contribution in [1.82, 2.24) is 9.55 Å². The summed E-state index contributed by atoms with van der Waals surface area (Å²) in [6.07, 6.45) is 0. The molecule has 3 aromatic carbocycles. The first kappa shape index (κ1) is 27.5. The van der Waals surface area contributed by atoms with Crippen molar-refractivity contribution >= 4 is 34.2 Å². The van der Waals surface area contributed by atoms with Gasteiger partial charge in [-0.3, -0.25) is 4.79 Å². The summed E-state index contributed by atoms with van der Waals surface area (Å²) in [6, 6.07) is 22.8. The van der Waals surface area contributed by atoms with Gasteiger partial charge in [-0.2, -0.15) is 0 Å². The number of ether oxygens (including phenoxy) is 2. The van der Waals surface area contributed by atoms with Gasteiger partial charge in [0.1, 0.15) is 24.1 Å². The van der Waals surface area contributed by atoms with Crippen LogP contribution in [0.3, 0.4) is 0 Å². The minimum atomic E-state index is -1.02. The van der Waals surface area contributed by atoms with Crippen molar-refractivity contribution in [3.63, 3.8) is 0 Å². The van der Waals surface area contributed by atoms with E-state index in [2.05, 4.69) is 32.9 Å². The lowest BCUT2D eigenvalue weighted by molar-refractivity contribution is -0.120. The fraction of sp³-hybridized carbons (Fsp3) is 0.241. The number of imidazole rings is 1. The highest BCUT2D eigenvalue weighted by atomic mass is 127. The zero-order chi connectivity index (χ0) is 27.1. The number of halogens is 1. The fourth-order valence-corrected chi connectivity index (χ4v) is 4.60. The molecular formula is C29H30IN3O5. The standard InChI is InChI=1S/C29H30IN3O5/c1-3-37-17-18-38-24-15-9-21(10-16-24)25-28(35)33(29(36)32-25)26(19(2)20-7-5-4-6-8-20)27(34)31-23-13-11-22(30)12-14-23/h4-16,19,26,35H,3,17-18H2,1-2H3,(H,31,34)(H,32,36)/t19-,26-/m0/s1. The summed E-state index contributed by atoms with van der Waals surface area (Å²) in [5.74, 6) is -0.510. The van der Waals surface area contributed by atoms with Crippen molar-refractivity contribution < 1.29 is 19.4 Å². The van der Waals surface area contributed by atoms with E-state index in [1.807, 2.05) is 56.3 Å². The third kappa shape index (κ3) is 6.46. The van der Waals surface area contributed by atoms with Gasteiger partial charge in [0.05, 0.1) is 6.61 Å². The first-order chi connectivity index (χ1) is 18.4. The molecule has 1 amide bonds. The molecule has 0 unspecified atom stereocenters. The Morgan fingerprint density at radius 2 is 1.71 bits per heavy atom. The molecule has 3 N–H and O–H groups in total. The van der Waals surface area contributed by atoms with Crippen LogP contribution in [0.5, 0.6) is 11.6 Å². The summed E-state index contributed by atoms with van der Waals surface area (Å²) in [7, 11) is 0. The quantitative estimate of drug-likeness (QED) is 0.149. The van der Waals surface area contributed by atoms with Gasteiger partial charge in [0.2, 0.25) is 11.8 Å². The molecule has 1 heterocycles. The summed E-state index contributed by atoms with van der Waals surface area (Å²) in [4.78, 5) is 29.6. The van der Waals surface area contributed by atoms with Crippen molar-refractivity contribution in [1.29, 1.82) is 0 Å². The number of benzene rings is 3. The minimum Gasteiger partial charge on any atom is -0.493 e. The molecule has 4 aromatic rings. The number of aromatic amines is 1. The van der Waals surface area contributed by atoms with E-state index in [-0.39, 0.29) is 11.6 Å². The average Bonchev–Trinajstić information content (AvgIpc) is 3.22. The highest BCUT2D eigenvalue weighted by Crippen LogP contribution is 2.35. The molecular weight excluding hydrogens is 597 g/mol. The number of nitrogens with zero attached hydrogens (tertiary/aromatic N) is 1. The summed E-state index contributed by atoms with van der Waals surface area (Å²) >= 11 is 2.19. The monoisotopic (exact) mass is 627 g/mol. The number of aromatic nitrogens is 2. The van der Waals surface area contributed by atoms with E-state index in [4.69, 9.17) is 9.47 Å². The predicted molar refractivity (Wildman–Crippen MR) is 156 cm³/mol. The van der Waals surface area contributed by atoms with E-state index in [1.54, 1.807) is 36.4 Å². The number of anilines is 1. The number of amides is 1. The second kappa shape index (κ2) is 12.8. The fourth-order valence-electron chi connectivity index (χ4n) is 4.24. The maximum atomic E-state index is 13.6. The second-order valence-electron chi connectivity index (χ2n) is 8.71. The van der Waals surface area contributed by atoms with Crippen LogP contribution >= 0.6 is 22.6 Å². The highest BCUT2D eigenvalue weighted by Gasteiger charge is 2.33. The molecule has 0 spiro atoms. The predicted octanol–water partition coefficient (Wildman–Crippen LogP) is 5.55. The molecule has 0 saturated carbocycles. The molecule has 8 nitrogen and oxygen atoms in total. The van der Waals surface area contributed by atoms with Crippen LogP contribution in [-0.4, -0.2) is 40.4 Å². The zero-order valence-corrected chi connectivity index (χ0v) is 23.3. The molecule has 0 fully saturated rings. The van der Waals surface area contributed by atoms with E-state index >= 15 is 0 Å². The van der Waals surface area contributed by atoms with E-state index in [0.717, 1.165) is 13.7 Å². The van der Waals surface area contributed by atoms with Gasteiger partial charge in [-0.05, 0) is 83.6 Å². The Morgan fingerprint density at radius 1 is 1.03 bits per heavy atom. The minimum absolute atomic E-state index is 0.225. The molecule has 0 aliphatic carbocycles. The third-order valence-electron chi connectivity index (χ3n) is 6.20. The van der Waals surface area contributed by atoms with Crippen molar-refractivity contribution in [2.24, 2.45) is 0 Å². The molecule has 1 aromatic heterocycles. The molecule has 38 heavy (non-hydrogen) atoms. The lowest BCUT2D eigenvalue weighted by Crippen LogP contribution is -2.35. The Kier molecular flexibility index (Phi) is 9.24. The van der Waals surface area contributed by atoms with Crippen molar-refractivity contribution in [3.8, 4) is 22.9 Å². The van der Waals surface area contributed by atoms with Gasteiger partial charge in [-0.25, -0.2) is 9.36 Å². The number of nitrogens with one attached hydrogen (secondary N) is 2. The van der Waals surface area contributed by atoms with E-state index < -0.39 is 23.6 Å². The van der Waals surface area contributed by atoms with Crippen LogP contribution in [0.2, 0.25) is 0 Å². The van der Waals surface area contributed by atoms with Gasteiger partial charge in [0, 0.05) is 27.3 Å². The zero-order valence-electron chi connectivity index (χ0n) is 21.2. The van der Waals surface area contributed by atoms with Gasteiger partial charge in [0.15, 0.2) is 0 Å². The van der Waals surface area contributed by atoms with Crippen molar-refractivity contribution in [2.75, 3.05) is 25.1 Å². The largest absolute Gasteiger partial charge is 0.493 e. The molecule has 0 bridgehead atoms. The maximum Gasteiger partial charge on any atom is 0.329 e. The summed E-state index contributed by atoms with van der Waals surface area (Å²) in [6.45, 7) is 5.31. The Labute approximate surface area is 234 Å². The van der Waals surface area contributed by atoms with Gasteiger partial charge in [-0.1, -0.05) is 37.3 Å². The maximum absolute atomic E-state index is 13.6. The first-order valence-corrected chi connectivity index (χ1v) is 13.4. The van der Waals surface area contributed by atoms with Gasteiger partial charge in [0.25, 0.3) is 0 Å². The molecule has 9 heteroatoms. The number of rotatable bonds is 11. The lowest BCUT2D eigenvalue weighted by Gasteiger charge is -2.25. The lowest BCUT2D eigenvalue weighted by atomic mass is 9.92. The Balaban J connectivity index is 1.66. The number of carbonyl (C=O) groups is 1. The molecule has 0 aliphatic heterocycles. The third-order valence-corrected chi connectivity index (χ3v) is 6.92. The van der Waals surface area contributed by atoms with Crippen LogP contribution in [0.1, 0.15) is 31.4 Å². The van der Waals surface area contributed by atoms with Gasteiger partial charge in [-0.15, -0.1) is 0 Å². The number of H-pyrrole nitrogens is 1. The SMILES string of the molecule is CCOCCOc1ccc(-c2[nH]c(=O)n([C@H](C(=O)Nc3ccc(I)cc3)[C@@H](C)c3ccccc3)c2O)cc1. The van der Waals surface area contributed by atoms with E-state index in [1.165, 1.54) is 0 Å². The molecule has 0 aliphatic rings. The van der Waals surface area contributed by atoms with E-state index in [9.17, 15) is 14.7 Å². The number of aromatic hydroxyl groups is 1. The topological polar surface area (TPSA) is 106 Å². The van der Waals surface area contributed by atoms with Gasteiger partial charge >= 0.3 is 5.69 Å². The smallest absolute Gasteiger partial charge is 0.329 e. The molecule has 0 saturated heterocycles. The second-order valence-corrected chi connectivity index (χ2v) is 9.95. The van der Waals surface area contributed by atoms with Crippen LogP contribution < -0.4 is 15.7 Å². The Bertz CT molecular complexity index is 1400. The van der Waals surface area contributed by atoms with Crippen LogP contribution in [0.15, 0.2) is 83.7 Å². The normalized spacial score (nSPS) is 12.6. The Morgan fingerprint density at radius 3 is 2.37 bits per heavy atom. The number of hydrogen-bond acceptors (Lipinski definition) is 5. The molecule has 4 rings (SSSR count). The number of hydrogen-bond donors (Lipinski definition) is 3. The van der Waals surface area contributed by atoms with Gasteiger partial charge < -0.3 is 24.9 Å². The van der Waals surface area contributed by atoms with Crippen LogP contribution in [0.25, 0.3) is 11.3 Å². The summed E-state index contributed by atoms with van der Waals surface area (Å²) in [5, 5.41) is 14.2. The average molecular weight is 627 g/mol. The molecule has 2 atom stereocenters. The van der Waals surface area contributed by atoms with Crippen LogP contribution in [0, 0.1) is 3.57 Å². The van der Waals surface area contributed by atoms with Crippen molar-refractivity contribution in [3.05, 3.63) is 98.5 Å². The summed E-state index contributed by atoms with van der Waals surface area (Å²) in [5.41, 5.74) is 1.68. The molecule has 0 radical (unpaired) electrons. The summed E-state index contributed by atoms with van der Waals surface area (Å²) < 4.78 is 13.1. The van der Waals surface area contributed by atoms with Crippen LogP contribution in [0.4, 0.5) is 5.69 Å². The first-order valence-electron chi connectivity index (χ1n) is 12.3. The van der Waals surface area contributed by atoms with Crippen LogP contribution in [-0.2, 0) is 9.53 Å². The highest BCUT2D eigenvalue weighted by molar-refractivity contribution is 14.1.